The number of carboxylic acids is 1. The molecule has 0 amide bonds. The minimum Gasteiger partial charge on any atom is -0.481 e. The standard InChI is InChI=1S/C4H8O2.C2H4O2/c1-4(6)2-3-5;1-2(3)4/h5H,2-3H2,1H3;1H3,(H,3,4). The van der Waals surface area contributed by atoms with E-state index in [4.69, 9.17) is 15.0 Å². The Morgan fingerprint density at radius 3 is 1.60 bits per heavy atom. The van der Waals surface area contributed by atoms with Crippen molar-refractivity contribution in [3.8, 4) is 0 Å². The molecular formula is C6H12O4. The van der Waals surface area contributed by atoms with Gasteiger partial charge in [0.05, 0.1) is 0 Å². The smallest absolute Gasteiger partial charge is 0.300 e. The highest BCUT2D eigenvalue weighted by Gasteiger charge is 1.84. The summed E-state index contributed by atoms with van der Waals surface area (Å²) in [5.74, 6) is -0.794. The Morgan fingerprint density at radius 2 is 1.60 bits per heavy atom. The predicted molar refractivity (Wildman–Crippen MR) is 35.7 cm³/mol. The van der Waals surface area contributed by atoms with E-state index in [-0.39, 0.29) is 12.4 Å². The highest BCUT2D eigenvalue weighted by Crippen LogP contribution is 1.74. The first-order chi connectivity index (χ1) is 4.50. The summed E-state index contributed by atoms with van der Waals surface area (Å²) in [6.07, 6.45) is 0.292. The molecule has 4 nitrogen and oxygen atoms in total. The van der Waals surface area contributed by atoms with Gasteiger partial charge in [-0.15, -0.1) is 0 Å². The van der Waals surface area contributed by atoms with Gasteiger partial charge in [-0.1, -0.05) is 0 Å². The van der Waals surface area contributed by atoms with E-state index in [1.54, 1.807) is 0 Å². The van der Waals surface area contributed by atoms with E-state index in [1.807, 2.05) is 0 Å². The van der Waals surface area contributed by atoms with Crippen LogP contribution in [-0.4, -0.2) is 28.6 Å². The highest BCUT2D eigenvalue weighted by atomic mass is 16.4. The molecule has 0 unspecified atom stereocenters. The zero-order valence-electron chi connectivity index (χ0n) is 6.13. The van der Waals surface area contributed by atoms with Crippen molar-refractivity contribution in [1.29, 1.82) is 0 Å². The molecule has 0 aromatic heterocycles. The van der Waals surface area contributed by atoms with Crippen molar-refractivity contribution in [2.24, 2.45) is 0 Å². The Labute approximate surface area is 59.5 Å². The maximum absolute atomic E-state index is 9.88. The molecule has 0 atom stereocenters. The van der Waals surface area contributed by atoms with E-state index in [0.717, 1.165) is 6.92 Å². The molecule has 2 N–H and O–H groups in total. The minimum absolute atomic E-state index is 0.0185. The summed E-state index contributed by atoms with van der Waals surface area (Å²) in [7, 11) is 0. The Morgan fingerprint density at radius 1 is 1.30 bits per heavy atom. The molecule has 0 aliphatic heterocycles. The number of Topliss-reactive ketones (excluding diaryl/α,β-unsaturated/α-hetero) is 1. The van der Waals surface area contributed by atoms with Crippen molar-refractivity contribution in [3.05, 3.63) is 0 Å². The maximum atomic E-state index is 9.88. The van der Waals surface area contributed by atoms with Crippen LogP contribution in [0.1, 0.15) is 20.3 Å². The van der Waals surface area contributed by atoms with Crippen molar-refractivity contribution in [1.82, 2.24) is 0 Å². The van der Waals surface area contributed by atoms with Crippen molar-refractivity contribution >= 4 is 11.8 Å². The van der Waals surface area contributed by atoms with Gasteiger partial charge in [0.1, 0.15) is 5.78 Å². The van der Waals surface area contributed by atoms with Gasteiger partial charge in [-0.25, -0.2) is 0 Å². The quantitative estimate of drug-likeness (QED) is 0.580. The van der Waals surface area contributed by atoms with Gasteiger partial charge in [-0.3, -0.25) is 9.59 Å². The van der Waals surface area contributed by atoms with Crippen molar-refractivity contribution < 1.29 is 19.8 Å². The number of carboxylic acid groups (broad SMARTS) is 1. The summed E-state index contributed by atoms with van der Waals surface area (Å²) >= 11 is 0. The fourth-order valence-electron chi connectivity index (χ4n) is 0.157. The molecule has 0 fully saturated rings. The van der Waals surface area contributed by atoms with Gasteiger partial charge < -0.3 is 10.2 Å². The number of hydrogen-bond donors (Lipinski definition) is 2. The lowest BCUT2D eigenvalue weighted by molar-refractivity contribution is -0.134. The van der Waals surface area contributed by atoms with Gasteiger partial charge in [0, 0.05) is 20.0 Å². The Kier molecular flexibility index (Phi) is 9.59. The second kappa shape index (κ2) is 8.10. The first-order valence-corrected chi connectivity index (χ1v) is 2.80. The molecule has 0 heterocycles. The summed E-state index contributed by atoms with van der Waals surface area (Å²) < 4.78 is 0. The molecular weight excluding hydrogens is 136 g/mol. The monoisotopic (exact) mass is 148 g/mol. The van der Waals surface area contributed by atoms with Crippen LogP contribution in [0.15, 0.2) is 0 Å². The lowest BCUT2D eigenvalue weighted by Crippen LogP contribution is -1.92. The molecule has 0 radical (unpaired) electrons. The number of hydrogen-bond acceptors (Lipinski definition) is 3. The third-order valence-electron chi connectivity index (χ3n) is 0.464. The Balaban J connectivity index is 0. The zero-order chi connectivity index (χ0) is 8.57. The molecule has 0 spiro atoms. The second-order valence-corrected chi connectivity index (χ2v) is 1.69. The molecule has 0 rings (SSSR count). The van der Waals surface area contributed by atoms with Crippen LogP contribution in [0.3, 0.4) is 0 Å². The molecule has 0 aromatic carbocycles. The van der Waals surface area contributed by atoms with Crippen LogP contribution in [0.2, 0.25) is 0 Å². The zero-order valence-corrected chi connectivity index (χ0v) is 6.13. The number of ketones is 1. The van der Waals surface area contributed by atoms with E-state index in [2.05, 4.69) is 0 Å². The number of rotatable bonds is 2. The third-order valence-corrected chi connectivity index (χ3v) is 0.464. The summed E-state index contributed by atoms with van der Waals surface area (Å²) in [4.78, 5) is 18.9. The first-order valence-electron chi connectivity index (χ1n) is 2.80. The normalized spacial score (nSPS) is 7.50. The molecule has 0 bridgehead atoms. The van der Waals surface area contributed by atoms with E-state index < -0.39 is 5.97 Å². The van der Waals surface area contributed by atoms with E-state index >= 15 is 0 Å². The number of aliphatic hydroxyl groups is 1. The summed E-state index contributed by atoms with van der Waals surface area (Å²) in [5.41, 5.74) is 0. The Bertz CT molecular complexity index is 104. The molecule has 0 aromatic rings. The van der Waals surface area contributed by atoms with Gasteiger partial charge in [0.25, 0.3) is 5.97 Å². The van der Waals surface area contributed by atoms with Crippen LogP contribution in [0.25, 0.3) is 0 Å². The number of carbonyl (C=O) groups excluding carboxylic acids is 1. The average molecular weight is 148 g/mol. The lowest BCUT2D eigenvalue weighted by atomic mass is 10.3. The molecule has 4 heteroatoms. The predicted octanol–water partition coefficient (Wildman–Crippen LogP) is 0.0487. The second-order valence-electron chi connectivity index (χ2n) is 1.69. The van der Waals surface area contributed by atoms with E-state index in [0.29, 0.717) is 6.42 Å². The molecule has 0 saturated carbocycles. The molecule has 60 valence electrons. The summed E-state index contributed by atoms with van der Waals surface area (Å²) in [6.45, 7) is 2.52. The number of carbonyl (C=O) groups is 2. The fourth-order valence-corrected chi connectivity index (χ4v) is 0.157. The van der Waals surface area contributed by atoms with Crippen LogP contribution in [0.5, 0.6) is 0 Å². The SMILES string of the molecule is CC(=O)CCO.CC(=O)O. The third kappa shape index (κ3) is 59.9. The lowest BCUT2D eigenvalue weighted by Gasteiger charge is -1.80. The van der Waals surface area contributed by atoms with Crippen LogP contribution in [-0.2, 0) is 9.59 Å². The van der Waals surface area contributed by atoms with Crippen molar-refractivity contribution in [2.45, 2.75) is 20.3 Å². The van der Waals surface area contributed by atoms with Gasteiger partial charge in [0.2, 0.25) is 0 Å². The van der Waals surface area contributed by atoms with E-state index in [1.165, 1.54) is 6.92 Å². The number of aliphatic carboxylic acids is 1. The topological polar surface area (TPSA) is 74.6 Å². The van der Waals surface area contributed by atoms with Gasteiger partial charge >= 0.3 is 0 Å². The average Bonchev–Trinajstić information content (AvgIpc) is 1.62. The Hall–Kier alpha value is -0.900. The van der Waals surface area contributed by atoms with Crippen LogP contribution < -0.4 is 0 Å². The molecule has 0 aliphatic rings. The van der Waals surface area contributed by atoms with Gasteiger partial charge in [-0.05, 0) is 6.92 Å². The molecule has 0 aliphatic carbocycles. The van der Waals surface area contributed by atoms with E-state index in [9.17, 15) is 4.79 Å². The van der Waals surface area contributed by atoms with Gasteiger partial charge in [-0.2, -0.15) is 0 Å². The maximum Gasteiger partial charge on any atom is 0.300 e. The summed E-state index contributed by atoms with van der Waals surface area (Å²) in [6, 6.07) is 0. The largest absolute Gasteiger partial charge is 0.481 e. The fraction of sp³-hybridized carbons (Fsp3) is 0.667. The van der Waals surface area contributed by atoms with Crippen molar-refractivity contribution in [3.63, 3.8) is 0 Å². The molecule has 10 heavy (non-hydrogen) atoms. The molecule has 0 saturated heterocycles. The summed E-state index contributed by atoms with van der Waals surface area (Å²) in [5, 5.41) is 15.4. The van der Waals surface area contributed by atoms with Crippen molar-refractivity contribution in [2.75, 3.05) is 6.61 Å². The van der Waals surface area contributed by atoms with Crippen LogP contribution >= 0.6 is 0 Å². The van der Waals surface area contributed by atoms with Crippen LogP contribution in [0.4, 0.5) is 0 Å². The number of aliphatic hydroxyl groups excluding tert-OH is 1. The van der Waals surface area contributed by atoms with Gasteiger partial charge in [0.15, 0.2) is 0 Å². The first kappa shape index (κ1) is 11.8. The van der Waals surface area contributed by atoms with Crippen LogP contribution in [0, 0.1) is 0 Å². The minimum atomic E-state index is -0.833. The highest BCUT2D eigenvalue weighted by molar-refractivity contribution is 5.75.